The van der Waals surface area contributed by atoms with Gasteiger partial charge < -0.3 is 5.11 Å². The minimum atomic E-state index is -0.613. The Balaban J connectivity index is 1.83. The Bertz CT molecular complexity index is 549. The van der Waals surface area contributed by atoms with E-state index in [9.17, 15) is 9.90 Å². The summed E-state index contributed by atoms with van der Waals surface area (Å²) in [5.41, 5.74) is 1.76. The molecule has 0 saturated carbocycles. The third-order valence-electron chi connectivity index (χ3n) is 3.20. The molecule has 3 heteroatoms. The average Bonchev–Trinajstić information content (AvgIpc) is 2.47. The number of carbonyl (C=O) groups is 1. The lowest BCUT2D eigenvalue weighted by Crippen LogP contribution is -2.14. The molecule has 0 aromatic heterocycles. The van der Waals surface area contributed by atoms with Crippen LogP contribution >= 0.6 is 11.6 Å². The van der Waals surface area contributed by atoms with E-state index in [1.165, 1.54) is 5.56 Å². The number of aliphatic hydroxyl groups is 1. The molecule has 1 N–H and O–H groups in total. The van der Waals surface area contributed by atoms with Crippen LogP contribution in [0.4, 0.5) is 0 Å². The van der Waals surface area contributed by atoms with Gasteiger partial charge in [-0.25, -0.2) is 0 Å². The van der Waals surface area contributed by atoms with Gasteiger partial charge in [-0.3, -0.25) is 4.79 Å². The summed E-state index contributed by atoms with van der Waals surface area (Å²) in [6.07, 6.45) is 0.895. The molecule has 0 saturated heterocycles. The van der Waals surface area contributed by atoms with Crippen molar-refractivity contribution in [1.82, 2.24) is 0 Å². The minimum absolute atomic E-state index is 0.0535. The number of aliphatic hydroxyl groups excluding tert-OH is 1. The van der Waals surface area contributed by atoms with Gasteiger partial charge in [0.15, 0.2) is 5.78 Å². The average molecular weight is 289 g/mol. The highest BCUT2D eigenvalue weighted by atomic mass is 35.5. The van der Waals surface area contributed by atoms with Gasteiger partial charge in [-0.2, -0.15) is 0 Å². The molecular weight excluding hydrogens is 272 g/mol. The van der Waals surface area contributed by atoms with Crippen LogP contribution in [0.15, 0.2) is 54.6 Å². The van der Waals surface area contributed by atoms with E-state index in [1.54, 1.807) is 24.3 Å². The molecule has 1 unspecified atom stereocenters. The van der Waals surface area contributed by atoms with E-state index in [0.717, 1.165) is 6.42 Å². The summed E-state index contributed by atoms with van der Waals surface area (Å²) in [7, 11) is 0. The predicted octanol–water partition coefficient (Wildman–Crippen LogP) is 3.91. The fourth-order valence-electron chi connectivity index (χ4n) is 2.05. The Morgan fingerprint density at radius 1 is 1.05 bits per heavy atom. The van der Waals surface area contributed by atoms with Crippen molar-refractivity contribution >= 4 is 17.4 Å². The SMILES string of the molecule is O=C(CC(O)CCc1ccccc1)c1ccc(Cl)cc1. The molecule has 0 heterocycles. The molecule has 0 aliphatic carbocycles. The van der Waals surface area contributed by atoms with Gasteiger partial charge >= 0.3 is 0 Å². The van der Waals surface area contributed by atoms with Crippen LogP contribution in [-0.2, 0) is 6.42 Å². The van der Waals surface area contributed by atoms with Crippen LogP contribution in [-0.4, -0.2) is 17.0 Å². The van der Waals surface area contributed by atoms with E-state index in [0.29, 0.717) is 17.0 Å². The molecule has 0 radical (unpaired) electrons. The molecular formula is C17H17ClO2. The van der Waals surface area contributed by atoms with E-state index in [2.05, 4.69) is 0 Å². The molecule has 2 rings (SSSR count). The normalized spacial score (nSPS) is 12.1. The molecule has 0 bridgehead atoms. The third kappa shape index (κ3) is 4.48. The monoisotopic (exact) mass is 288 g/mol. The van der Waals surface area contributed by atoms with E-state index in [4.69, 9.17) is 11.6 Å². The summed E-state index contributed by atoms with van der Waals surface area (Å²) in [5, 5.41) is 10.6. The zero-order valence-electron chi connectivity index (χ0n) is 11.1. The topological polar surface area (TPSA) is 37.3 Å². The standard InChI is InChI=1S/C17H17ClO2/c18-15-9-7-14(8-10-15)17(20)12-16(19)11-6-13-4-2-1-3-5-13/h1-5,7-10,16,19H,6,11-12H2. The molecule has 0 fully saturated rings. The lowest BCUT2D eigenvalue weighted by atomic mass is 10.0. The number of hydrogen-bond acceptors (Lipinski definition) is 2. The minimum Gasteiger partial charge on any atom is -0.393 e. The molecule has 2 aromatic rings. The molecule has 1 atom stereocenters. The molecule has 20 heavy (non-hydrogen) atoms. The first-order valence-corrected chi connectivity index (χ1v) is 7.03. The molecule has 0 spiro atoms. The second-order valence-electron chi connectivity index (χ2n) is 4.81. The van der Waals surface area contributed by atoms with Crippen molar-refractivity contribution in [2.45, 2.75) is 25.4 Å². The van der Waals surface area contributed by atoms with E-state index < -0.39 is 6.10 Å². The highest BCUT2D eigenvalue weighted by molar-refractivity contribution is 6.30. The lowest BCUT2D eigenvalue weighted by Gasteiger charge is -2.10. The highest BCUT2D eigenvalue weighted by Crippen LogP contribution is 2.14. The first-order valence-electron chi connectivity index (χ1n) is 6.66. The fraction of sp³-hybridized carbons (Fsp3) is 0.235. The predicted molar refractivity (Wildman–Crippen MR) is 81.2 cm³/mol. The maximum Gasteiger partial charge on any atom is 0.165 e. The summed E-state index contributed by atoms with van der Waals surface area (Å²) >= 11 is 5.78. The van der Waals surface area contributed by atoms with Crippen LogP contribution in [0.25, 0.3) is 0 Å². The summed E-state index contributed by atoms with van der Waals surface area (Å²) in [5.74, 6) is -0.0535. The first-order chi connectivity index (χ1) is 9.65. The molecule has 0 aliphatic heterocycles. The number of carbonyl (C=O) groups excluding carboxylic acids is 1. The van der Waals surface area contributed by atoms with Crippen LogP contribution in [0.5, 0.6) is 0 Å². The molecule has 0 amide bonds. The van der Waals surface area contributed by atoms with Crippen molar-refractivity contribution < 1.29 is 9.90 Å². The van der Waals surface area contributed by atoms with Crippen LogP contribution < -0.4 is 0 Å². The van der Waals surface area contributed by atoms with Crippen molar-refractivity contribution in [2.75, 3.05) is 0 Å². The lowest BCUT2D eigenvalue weighted by molar-refractivity contribution is 0.0869. The number of ketones is 1. The quantitative estimate of drug-likeness (QED) is 0.818. The summed E-state index contributed by atoms with van der Waals surface area (Å²) in [4.78, 5) is 12.0. The molecule has 104 valence electrons. The summed E-state index contributed by atoms with van der Waals surface area (Å²) < 4.78 is 0. The van der Waals surface area contributed by atoms with Crippen LogP contribution in [0.1, 0.15) is 28.8 Å². The largest absolute Gasteiger partial charge is 0.393 e. The van der Waals surface area contributed by atoms with Crippen molar-refractivity contribution in [3.05, 3.63) is 70.7 Å². The first kappa shape index (κ1) is 14.8. The van der Waals surface area contributed by atoms with E-state index >= 15 is 0 Å². The molecule has 0 aliphatic rings. The number of aryl methyl sites for hydroxylation is 1. The van der Waals surface area contributed by atoms with Gasteiger partial charge in [0.2, 0.25) is 0 Å². The van der Waals surface area contributed by atoms with Gasteiger partial charge in [-0.1, -0.05) is 41.9 Å². The molecule has 2 nitrogen and oxygen atoms in total. The van der Waals surface area contributed by atoms with Crippen molar-refractivity contribution in [1.29, 1.82) is 0 Å². The Hall–Kier alpha value is -1.64. The summed E-state index contributed by atoms with van der Waals surface area (Å²) in [6.45, 7) is 0. The Morgan fingerprint density at radius 3 is 2.35 bits per heavy atom. The van der Waals surface area contributed by atoms with Crippen LogP contribution in [0, 0.1) is 0 Å². The van der Waals surface area contributed by atoms with Crippen LogP contribution in [0.2, 0.25) is 5.02 Å². The van der Waals surface area contributed by atoms with Gasteiger partial charge in [0.25, 0.3) is 0 Å². The second kappa shape index (κ2) is 7.22. The summed E-state index contributed by atoms with van der Waals surface area (Å²) in [6, 6.07) is 16.7. The maximum atomic E-state index is 12.0. The zero-order valence-corrected chi connectivity index (χ0v) is 11.9. The van der Waals surface area contributed by atoms with Crippen LogP contribution in [0.3, 0.4) is 0 Å². The maximum absolute atomic E-state index is 12.0. The number of benzene rings is 2. The molecule has 2 aromatic carbocycles. The number of Topliss-reactive ketones (excluding diaryl/α,β-unsaturated/α-hetero) is 1. The van der Waals surface area contributed by atoms with Crippen molar-refractivity contribution in [2.24, 2.45) is 0 Å². The number of halogens is 1. The van der Waals surface area contributed by atoms with Gasteiger partial charge in [0.1, 0.15) is 0 Å². The van der Waals surface area contributed by atoms with Gasteiger partial charge in [-0.05, 0) is 42.7 Å². The highest BCUT2D eigenvalue weighted by Gasteiger charge is 2.12. The van der Waals surface area contributed by atoms with Gasteiger partial charge in [-0.15, -0.1) is 0 Å². The number of hydrogen-bond donors (Lipinski definition) is 1. The van der Waals surface area contributed by atoms with E-state index in [1.807, 2.05) is 30.3 Å². The van der Waals surface area contributed by atoms with Crippen molar-refractivity contribution in [3.8, 4) is 0 Å². The number of rotatable bonds is 6. The Labute approximate surface area is 124 Å². The van der Waals surface area contributed by atoms with E-state index in [-0.39, 0.29) is 12.2 Å². The Kier molecular flexibility index (Phi) is 5.33. The van der Waals surface area contributed by atoms with Crippen molar-refractivity contribution in [3.63, 3.8) is 0 Å². The second-order valence-corrected chi connectivity index (χ2v) is 5.25. The smallest absolute Gasteiger partial charge is 0.165 e. The zero-order chi connectivity index (χ0) is 14.4. The van der Waals surface area contributed by atoms with Gasteiger partial charge in [0.05, 0.1) is 6.10 Å². The fourth-order valence-corrected chi connectivity index (χ4v) is 2.17. The Morgan fingerprint density at radius 2 is 1.70 bits per heavy atom. The third-order valence-corrected chi connectivity index (χ3v) is 3.45. The van der Waals surface area contributed by atoms with Gasteiger partial charge in [0, 0.05) is 17.0 Å².